The molecule has 2 rings (SSSR count). The second-order valence-electron chi connectivity index (χ2n) is 5.90. The number of nitrogens with zero attached hydrogens (tertiary/aromatic N) is 2. The third kappa shape index (κ3) is 5.00. The van der Waals surface area contributed by atoms with Crippen molar-refractivity contribution in [1.29, 1.82) is 0 Å². The number of hydrogen-bond donors (Lipinski definition) is 1. The van der Waals surface area contributed by atoms with Gasteiger partial charge in [0.05, 0.1) is 0 Å². The molecule has 1 aliphatic rings. The Hall–Kier alpha value is -0.800. The molecule has 0 bridgehead atoms. The van der Waals surface area contributed by atoms with Crippen LogP contribution in [0.3, 0.4) is 0 Å². The van der Waals surface area contributed by atoms with Gasteiger partial charge in [-0.3, -0.25) is 0 Å². The van der Waals surface area contributed by atoms with E-state index in [0.717, 1.165) is 25.6 Å². The first-order chi connectivity index (χ1) is 9.28. The van der Waals surface area contributed by atoms with Crippen LogP contribution in [0.4, 0.5) is 0 Å². The minimum Gasteiger partial charge on any atom is -0.354 e. The molecule has 1 fully saturated rings. The highest BCUT2D eigenvalue weighted by molar-refractivity contribution is 5.09. The predicted molar refractivity (Wildman–Crippen MR) is 81.3 cm³/mol. The Kier molecular flexibility index (Phi) is 5.93. The summed E-state index contributed by atoms with van der Waals surface area (Å²) >= 11 is 0. The second-order valence-corrected chi connectivity index (χ2v) is 5.90. The second kappa shape index (κ2) is 7.71. The molecule has 0 atom stereocenters. The van der Waals surface area contributed by atoms with E-state index in [-0.39, 0.29) is 0 Å². The van der Waals surface area contributed by atoms with Crippen LogP contribution in [0.5, 0.6) is 0 Å². The van der Waals surface area contributed by atoms with Gasteiger partial charge in [-0.25, -0.2) is 0 Å². The SMILES string of the molecule is CCn1ccc(CNCCCN2CCC(C)CC2)c1. The van der Waals surface area contributed by atoms with Crippen molar-refractivity contribution in [2.75, 3.05) is 26.2 Å². The number of aromatic nitrogens is 1. The number of hydrogen-bond acceptors (Lipinski definition) is 2. The lowest BCUT2D eigenvalue weighted by Crippen LogP contribution is -2.34. The zero-order valence-corrected chi connectivity index (χ0v) is 12.6. The Morgan fingerprint density at radius 2 is 2.11 bits per heavy atom. The number of aryl methyl sites for hydroxylation is 1. The van der Waals surface area contributed by atoms with E-state index in [2.05, 4.69) is 47.1 Å². The van der Waals surface area contributed by atoms with Gasteiger partial charge >= 0.3 is 0 Å². The highest BCUT2D eigenvalue weighted by Gasteiger charge is 2.14. The van der Waals surface area contributed by atoms with Crippen molar-refractivity contribution in [3.63, 3.8) is 0 Å². The van der Waals surface area contributed by atoms with Crippen LogP contribution in [0, 0.1) is 5.92 Å². The van der Waals surface area contributed by atoms with Crippen molar-refractivity contribution < 1.29 is 0 Å². The van der Waals surface area contributed by atoms with Gasteiger partial charge in [-0.2, -0.15) is 0 Å². The van der Waals surface area contributed by atoms with Gasteiger partial charge in [0.1, 0.15) is 0 Å². The topological polar surface area (TPSA) is 20.2 Å². The van der Waals surface area contributed by atoms with E-state index >= 15 is 0 Å². The summed E-state index contributed by atoms with van der Waals surface area (Å²) in [5.74, 6) is 0.942. The molecule has 1 aromatic heterocycles. The first-order valence-corrected chi connectivity index (χ1v) is 7.85. The Morgan fingerprint density at radius 3 is 2.79 bits per heavy atom. The standard InChI is InChI=1S/C16H29N3/c1-3-18-12-7-16(14-18)13-17-8-4-9-19-10-5-15(2)6-11-19/h7,12,14-15,17H,3-6,8-11,13H2,1-2H3. The minimum atomic E-state index is 0.942. The van der Waals surface area contributed by atoms with Crippen LogP contribution in [0.2, 0.25) is 0 Å². The van der Waals surface area contributed by atoms with Crippen molar-refractivity contribution in [2.45, 2.75) is 46.2 Å². The lowest BCUT2D eigenvalue weighted by molar-refractivity contribution is 0.190. The summed E-state index contributed by atoms with van der Waals surface area (Å²) in [5, 5.41) is 3.55. The van der Waals surface area contributed by atoms with Gasteiger partial charge in [0.2, 0.25) is 0 Å². The highest BCUT2D eigenvalue weighted by Crippen LogP contribution is 2.15. The van der Waals surface area contributed by atoms with Crippen LogP contribution >= 0.6 is 0 Å². The van der Waals surface area contributed by atoms with Gasteiger partial charge in [0.15, 0.2) is 0 Å². The van der Waals surface area contributed by atoms with E-state index in [0.29, 0.717) is 0 Å². The van der Waals surface area contributed by atoms with E-state index in [9.17, 15) is 0 Å². The molecular formula is C16H29N3. The molecule has 1 aliphatic heterocycles. The third-order valence-corrected chi connectivity index (χ3v) is 4.21. The van der Waals surface area contributed by atoms with E-state index in [1.165, 1.54) is 44.5 Å². The number of piperidine rings is 1. The molecular weight excluding hydrogens is 234 g/mol. The van der Waals surface area contributed by atoms with Gasteiger partial charge < -0.3 is 14.8 Å². The number of rotatable bonds is 7. The highest BCUT2D eigenvalue weighted by atomic mass is 15.1. The van der Waals surface area contributed by atoms with Crippen LogP contribution in [-0.4, -0.2) is 35.6 Å². The summed E-state index contributed by atoms with van der Waals surface area (Å²) in [7, 11) is 0. The van der Waals surface area contributed by atoms with E-state index in [1.807, 2.05) is 0 Å². The largest absolute Gasteiger partial charge is 0.354 e. The summed E-state index contributed by atoms with van der Waals surface area (Å²) in [6, 6.07) is 2.21. The van der Waals surface area contributed by atoms with E-state index < -0.39 is 0 Å². The van der Waals surface area contributed by atoms with E-state index in [4.69, 9.17) is 0 Å². The van der Waals surface area contributed by atoms with Crippen LogP contribution in [-0.2, 0) is 13.1 Å². The van der Waals surface area contributed by atoms with Gasteiger partial charge in [0, 0.05) is 25.5 Å². The Labute approximate surface area is 118 Å². The summed E-state index contributed by atoms with van der Waals surface area (Å²) in [4.78, 5) is 2.62. The zero-order chi connectivity index (χ0) is 13.5. The fourth-order valence-corrected chi connectivity index (χ4v) is 2.74. The smallest absolute Gasteiger partial charge is 0.0220 e. The van der Waals surface area contributed by atoms with Crippen LogP contribution in [0.15, 0.2) is 18.5 Å². The average Bonchev–Trinajstić information content (AvgIpc) is 2.88. The molecule has 3 nitrogen and oxygen atoms in total. The molecule has 0 unspecified atom stereocenters. The number of nitrogens with one attached hydrogen (secondary N) is 1. The quantitative estimate of drug-likeness (QED) is 0.763. The molecule has 3 heteroatoms. The van der Waals surface area contributed by atoms with Gasteiger partial charge in [-0.15, -0.1) is 0 Å². The normalized spacial score (nSPS) is 18.0. The van der Waals surface area contributed by atoms with Crippen molar-refractivity contribution in [3.8, 4) is 0 Å². The van der Waals surface area contributed by atoms with Crippen molar-refractivity contribution in [1.82, 2.24) is 14.8 Å². The molecule has 0 aromatic carbocycles. The third-order valence-electron chi connectivity index (χ3n) is 4.21. The molecule has 0 radical (unpaired) electrons. The summed E-state index contributed by atoms with van der Waals surface area (Å²) in [6.07, 6.45) is 8.43. The minimum absolute atomic E-state index is 0.942. The fourth-order valence-electron chi connectivity index (χ4n) is 2.74. The first-order valence-electron chi connectivity index (χ1n) is 7.85. The van der Waals surface area contributed by atoms with E-state index in [1.54, 1.807) is 0 Å². The van der Waals surface area contributed by atoms with Crippen molar-refractivity contribution in [3.05, 3.63) is 24.0 Å². The summed E-state index contributed by atoms with van der Waals surface area (Å²) in [5.41, 5.74) is 1.40. The fraction of sp³-hybridized carbons (Fsp3) is 0.750. The maximum absolute atomic E-state index is 3.55. The van der Waals surface area contributed by atoms with Crippen LogP contribution in [0.1, 0.15) is 38.7 Å². The van der Waals surface area contributed by atoms with Crippen LogP contribution in [0.25, 0.3) is 0 Å². The molecule has 0 spiro atoms. The van der Waals surface area contributed by atoms with Gasteiger partial charge in [-0.1, -0.05) is 6.92 Å². The molecule has 1 saturated heterocycles. The lowest BCUT2D eigenvalue weighted by Gasteiger charge is -2.30. The Balaban J connectivity index is 1.52. The first kappa shape index (κ1) is 14.6. The zero-order valence-electron chi connectivity index (χ0n) is 12.6. The molecule has 2 heterocycles. The summed E-state index contributed by atoms with van der Waals surface area (Å²) < 4.78 is 2.23. The monoisotopic (exact) mass is 263 g/mol. The molecule has 0 saturated carbocycles. The van der Waals surface area contributed by atoms with Crippen LogP contribution < -0.4 is 5.32 Å². The Bertz CT molecular complexity index is 351. The van der Waals surface area contributed by atoms with Gasteiger partial charge in [0.25, 0.3) is 0 Å². The van der Waals surface area contributed by atoms with Crippen molar-refractivity contribution in [2.24, 2.45) is 5.92 Å². The maximum Gasteiger partial charge on any atom is 0.0220 e. The predicted octanol–water partition coefficient (Wildman–Crippen LogP) is 2.72. The maximum atomic E-state index is 3.55. The van der Waals surface area contributed by atoms with Gasteiger partial charge in [-0.05, 0) is 69.9 Å². The molecule has 0 aliphatic carbocycles. The van der Waals surface area contributed by atoms with Crippen molar-refractivity contribution >= 4 is 0 Å². The Morgan fingerprint density at radius 1 is 1.32 bits per heavy atom. The average molecular weight is 263 g/mol. The molecule has 108 valence electrons. The lowest BCUT2D eigenvalue weighted by atomic mass is 9.99. The molecule has 19 heavy (non-hydrogen) atoms. The summed E-state index contributed by atoms with van der Waals surface area (Å²) in [6.45, 7) is 11.6. The molecule has 1 aromatic rings. The number of likely N-dealkylation sites (tertiary alicyclic amines) is 1. The molecule has 0 amide bonds. The molecule has 1 N–H and O–H groups in total.